The van der Waals surface area contributed by atoms with E-state index < -0.39 is 42.3 Å². The van der Waals surface area contributed by atoms with Gasteiger partial charge in [0.05, 0.1) is 18.4 Å². The van der Waals surface area contributed by atoms with Gasteiger partial charge >= 0.3 is 13.0 Å². The first-order chi connectivity index (χ1) is 16.2. The third kappa shape index (κ3) is 3.58. The van der Waals surface area contributed by atoms with E-state index in [0.29, 0.717) is 4.68 Å². The maximum absolute atomic E-state index is 14.9. The van der Waals surface area contributed by atoms with Crippen LogP contribution in [0.2, 0.25) is 0 Å². The first-order valence-electron chi connectivity index (χ1n) is 9.61. The van der Waals surface area contributed by atoms with Gasteiger partial charge in [0.15, 0.2) is 0 Å². The lowest BCUT2D eigenvalue weighted by atomic mass is 10.1. The normalized spacial score (nSPS) is 13.4. The summed E-state index contributed by atoms with van der Waals surface area (Å²) >= 11 is 0. The Morgan fingerprint density at radius 1 is 0.971 bits per heavy atom. The number of anilines is 1. The second-order valence-electron chi connectivity index (χ2n) is 7.27. The zero-order valence-corrected chi connectivity index (χ0v) is 16.7. The quantitative estimate of drug-likeness (QED) is 0.360. The Morgan fingerprint density at radius 3 is 2.44 bits per heavy atom. The molecular formula is C21H11F6N5O2. The zero-order chi connectivity index (χ0) is 24.1. The number of fused-ring (bicyclic) bond motifs is 1. The van der Waals surface area contributed by atoms with Crippen molar-refractivity contribution in [2.24, 2.45) is 0 Å². The molecule has 174 valence electrons. The van der Waals surface area contributed by atoms with Gasteiger partial charge in [0, 0.05) is 34.0 Å². The van der Waals surface area contributed by atoms with Crippen LogP contribution in [-0.4, -0.2) is 25.9 Å². The largest absolute Gasteiger partial charge is 0.415 e. The number of halogens is 6. The molecule has 5 rings (SSSR count). The van der Waals surface area contributed by atoms with Gasteiger partial charge in [-0.25, -0.2) is 13.5 Å². The number of hydrogen-bond acceptors (Lipinski definition) is 5. The second kappa shape index (κ2) is 8.01. The van der Waals surface area contributed by atoms with Gasteiger partial charge in [-0.2, -0.15) is 22.7 Å². The SMILES string of the molecule is O=C1c2cc(-c3nnc(C(F)F)o3)cc(F)c2CN1c1ccc(F)cc1-c1cnn(C(F)F)c1. The van der Waals surface area contributed by atoms with Crippen molar-refractivity contribution in [1.82, 2.24) is 20.0 Å². The van der Waals surface area contributed by atoms with Crippen LogP contribution in [0.25, 0.3) is 22.6 Å². The Bertz CT molecular complexity index is 1420. The van der Waals surface area contributed by atoms with Gasteiger partial charge in [-0.15, -0.1) is 10.2 Å². The number of aromatic nitrogens is 4. The van der Waals surface area contributed by atoms with Crippen molar-refractivity contribution in [3.63, 3.8) is 0 Å². The summed E-state index contributed by atoms with van der Waals surface area (Å²) in [6, 6.07) is 5.57. The first-order valence-corrected chi connectivity index (χ1v) is 9.61. The maximum Gasteiger partial charge on any atom is 0.333 e. The number of carbonyl (C=O) groups excluding carboxylic acids is 1. The van der Waals surface area contributed by atoms with Crippen molar-refractivity contribution >= 4 is 11.6 Å². The number of hydrogen-bond donors (Lipinski definition) is 0. The van der Waals surface area contributed by atoms with Crippen molar-refractivity contribution in [3.05, 3.63) is 71.4 Å². The van der Waals surface area contributed by atoms with E-state index in [2.05, 4.69) is 15.3 Å². The minimum absolute atomic E-state index is 0.000832. The van der Waals surface area contributed by atoms with E-state index in [1.165, 1.54) is 12.1 Å². The predicted molar refractivity (Wildman–Crippen MR) is 104 cm³/mol. The predicted octanol–water partition coefficient (Wildman–Crippen LogP) is 5.37. The summed E-state index contributed by atoms with van der Waals surface area (Å²) < 4.78 is 85.4. The van der Waals surface area contributed by atoms with Crippen LogP contribution in [0.4, 0.5) is 32.0 Å². The van der Waals surface area contributed by atoms with E-state index in [9.17, 15) is 31.1 Å². The van der Waals surface area contributed by atoms with Crippen LogP contribution in [0.5, 0.6) is 0 Å². The topological polar surface area (TPSA) is 77.1 Å². The molecule has 4 aromatic rings. The number of alkyl halides is 4. The Balaban J connectivity index is 1.55. The van der Waals surface area contributed by atoms with Gasteiger partial charge < -0.3 is 9.32 Å². The molecule has 0 bridgehead atoms. The number of carbonyl (C=O) groups is 1. The van der Waals surface area contributed by atoms with Crippen LogP contribution in [0.1, 0.15) is 34.8 Å². The van der Waals surface area contributed by atoms with Crippen molar-refractivity contribution in [2.75, 3.05) is 4.90 Å². The van der Waals surface area contributed by atoms with Crippen molar-refractivity contribution in [1.29, 1.82) is 0 Å². The Hall–Kier alpha value is -4.16. The molecule has 7 nitrogen and oxygen atoms in total. The highest BCUT2D eigenvalue weighted by molar-refractivity contribution is 6.12. The van der Waals surface area contributed by atoms with E-state index in [-0.39, 0.29) is 40.0 Å². The Morgan fingerprint density at radius 2 is 1.76 bits per heavy atom. The fraction of sp³-hybridized carbons (Fsp3) is 0.143. The van der Waals surface area contributed by atoms with Crippen LogP contribution in [0.3, 0.4) is 0 Å². The van der Waals surface area contributed by atoms with Crippen LogP contribution >= 0.6 is 0 Å². The van der Waals surface area contributed by atoms with Crippen molar-refractivity contribution in [3.8, 4) is 22.6 Å². The molecule has 1 aliphatic rings. The molecule has 0 fully saturated rings. The standard InChI is InChI=1S/C21H11F6N5O2/c22-11-1-2-16(12(5-11)10-6-28-32(7-10)21(26)27)31-8-14-13(20(31)33)3-9(4-15(14)23)18-29-30-19(34-18)17(24)25/h1-7,17,21H,8H2. The monoisotopic (exact) mass is 479 g/mol. The van der Waals surface area contributed by atoms with Gasteiger partial charge in [-0.3, -0.25) is 4.79 Å². The van der Waals surface area contributed by atoms with Crippen LogP contribution < -0.4 is 4.90 Å². The number of benzene rings is 2. The molecule has 1 aliphatic heterocycles. The lowest BCUT2D eigenvalue weighted by Crippen LogP contribution is -2.23. The van der Waals surface area contributed by atoms with E-state index in [1.54, 1.807) is 0 Å². The molecule has 0 aliphatic carbocycles. The molecular weight excluding hydrogens is 468 g/mol. The van der Waals surface area contributed by atoms with Crippen molar-refractivity contribution < 1.29 is 35.6 Å². The summed E-state index contributed by atoms with van der Waals surface area (Å²) in [5.74, 6) is -3.55. The molecule has 0 spiro atoms. The summed E-state index contributed by atoms with van der Waals surface area (Å²) in [6.07, 6.45) is -0.942. The van der Waals surface area contributed by atoms with E-state index in [1.807, 2.05) is 0 Å². The van der Waals surface area contributed by atoms with Crippen LogP contribution in [0.15, 0.2) is 47.1 Å². The van der Waals surface area contributed by atoms with E-state index in [4.69, 9.17) is 4.42 Å². The highest BCUT2D eigenvalue weighted by atomic mass is 19.3. The van der Waals surface area contributed by atoms with Gasteiger partial charge in [0.25, 0.3) is 11.8 Å². The minimum Gasteiger partial charge on any atom is -0.415 e. The molecule has 2 aromatic carbocycles. The summed E-state index contributed by atoms with van der Waals surface area (Å²) in [5.41, 5.74) is 0.169. The molecule has 0 N–H and O–H groups in total. The Kier molecular flexibility index (Phi) is 5.10. The molecule has 1 amide bonds. The summed E-state index contributed by atoms with van der Waals surface area (Å²) in [5, 5.41) is 10.2. The smallest absolute Gasteiger partial charge is 0.333 e. The van der Waals surface area contributed by atoms with Gasteiger partial charge in [-0.05, 0) is 30.3 Å². The third-order valence-electron chi connectivity index (χ3n) is 5.22. The number of amides is 1. The summed E-state index contributed by atoms with van der Waals surface area (Å²) in [7, 11) is 0. The fourth-order valence-corrected chi connectivity index (χ4v) is 3.68. The molecule has 0 saturated carbocycles. The molecule has 2 aromatic heterocycles. The molecule has 3 heterocycles. The van der Waals surface area contributed by atoms with Gasteiger partial charge in [-0.1, -0.05) is 0 Å². The highest BCUT2D eigenvalue weighted by Gasteiger charge is 2.34. The Labute approximate surface area is 186 Å². The molecule has 0 radical (unpaired) electrons. The average molecular weight is 479 g/mol. The lowest BCUT2D eigenvalue weighted by Gasteiger charge is -2.19. The molecule has 0 unspecified atom stereocenters. The first kappa shape index (κ1) is 21.7. The molecule has 0 atom stereocenters. The average Bonchev–Trinajstić information content (AvgIpc) is 3.53. The molecule has 13 heteroatoms. The van der Waals surface area contributed by atoms with Crippen LogP contribution in [-0.2, 0) is 6.54 Å². The summed E-state index contributed by atoms with van der Waals surface area (Å²) in [6.45, 7) is -3.17. The van der Waals surface area contributed by atoms with E-state index >= 15 is 0 Å². The van der Waals surface area contributed by atoms with E-state index in [0.717, 1.165) is 35.5 Å². The maximum atomic E-state index is 14.9. The van der Waals surface area contributed by atoms with Crippen molar-refractivity contribution in [2.45, 2.75) is 19.5 Å². The zero-order valence-electron chi connectivity index (χ0n) is 16.7. The minimum atomic E-state index is -3.02. The lowest BCUT2D eigenvalue weighted by molar-refractivity contribution is 0.0566. The molecule has 34 heavy (non-hydrogen) atoms. The second-order valence-corrected chi connectivity index (χ2v) is 7.27. The van der Waals surface area contributed by atoms with Gasteiger partial charge in [0.1, 0.15) is 11.6 Å². The summed E-state index contributed by atoms with van der Waals surface area (Å²) in [4.78, 5) is 14.3. The third-order valence-corrected chi connectivity index (χ3v) is 5.22. The number of rotatable bonds is 5. The fourth-order valence-electron chi connectivity index (χ4n) is 3.68. The van der Waals surface area contributed by atoms with Gasteiger partial charge in [0.2, 0.25) is 5.89 Å². The number of nitrogens with zero attached hydrogens (tertiary/aromatic N) is 5. The highest BCUT2D eigenvalue weighted by Crippen LogP contribution is 2.39. The molecule has 0 saturated heterocycles. The van der Waals surface area contributed by atoms with Crippen LogP contribution in [0, 0.1) is 11.6 Å².